The molecular formula is C20H19ClN2O3S2. The first kappa shape index (κ1) is 19.5. The van der Waals surface area contributed by atoms with Crippen molar-refractivity contribution in [2.75, 3.05) is 12.9 Å². The van der Waals surface area contributed by atoms with Crippen LogP contribution in [0.25, 0.3) is 15.9 Å². The van der Waals surface area contributed by atoms with Gasteiger partial charge in [0.25, 0.3) is 5.56 Å². The maximum absolute atomic E-state index is 13.6. The van der Waals surface area contributed by atoms with Crippen molar-refractivity contribution >= 4 is 50.9 Å². The summed E-state index contributed by atoms with van der Waals surface area (Å²) in [6, 6.07) is 5.51. The second-order valence-electron chi connectivity index (χ2n) is 6.72. The van der Waals surface area contributed by atoms with E-state index in [-0.39, 0.29) is 17.3 Å². The molecule has 3 aromatic rings. The third kappa shape index (κ3) is 3.47. The van der Waals surface area contributed by atoms with E-state index in [9.17, 15) is 9.59 Å². The van der Waals surface area contributed by atoms with Crippen molar-refractivity contribution in [2.24, 2.45) is 0 Å². The van der Waals surface area contributed by atoms with Crippen LogP contribution in [-0.4, -0.2) is 28.4 Å². The molecule has 2 aromatic heterocycles. The third-order valence-corrected chi connectivity index (χ3v) is 7.42. The number of halogens is 1. The average molecular weight is 435 g/mol. The van der Waals surface area contributed by atoms with Gasteiger partial charge in [-0.05, 0) is 55.9 Å². The monoisotopic (exact) mass is 434 g/mol. The van der Waals surface area contributed by atoms with E-state index in [0.29, 0.717) is 21.3 Å². The van der Waals surface area contributed by atoms with Gasteiger partial charge in [0.1, 0.15) is 4.83 Å². The van der Waals surface area contributed by atoms with Gasteiger partial charge in [-0.15, -0.1) is 11.3 Å². The van der Waals surface area contributed by atoms with Gasteiger partial charge in [-0.3, -0.25) is 14.2 Å². The lowest BCUT2D eigenvalue weighted by Crippen LogP contribution is -2.22. The van der Waals surface area contributed by atoms with Crippen molar-refractivity contribution in [3.8, 4) is 5.69 Å². The molecule has 4 rings (SSSR count). The normalized spacial score (nSPS) is 13.5. The molecule has 0 radical (unpaired) electrons. The Balaban J connectivity index is 1.95. The number of ether oxygens (including phenoxy) is 1. The summed E-state index contributed by atoms with van der Waals surface area (Å²) in [7, 11) is 1.35. The zero-order chi connectivity index (χ0) is 19.8. The number of aryl methyl sites for hydroxylation is 3. The highest BCUT2D eigenvalue weighted by Gasteiger charge is 2.23. The van der Waals surface area contributed by atoms with Crippen molar-refractivity contribution in [2.45, 2.75) is 37.8 Å². The predicted octanol–water partition coefficient (Wildman–Crippen LogP) is 4.55. The molecule has 8 heteroatoms. The van der Waals surface area contributed by atoms with Crippen LogP contribution < -0.4 is 5.56 Å². The number of hydrogen-bond acceptors (Lipinski definition) is 6. The number of carbonyl (C=O) groups is 1. The quantitative estimate of drug-likeness (QED) is 0.342. The van der Waals surface area contributed by atoms with E-state index < -0.39 is 0 Å². The Hall–Kier alpha value is -1.83. The largest absolute Gasteiger partial charge is 0.468 e. The molecule has 0 bridgehead atoms. The second-order valence-corrected chi connectivity index (χ2v) is 9.16. The van der Waals surface area contributed by atoms with Crippen molar-refractivity contribution in [3.63, 3.8) is 0 Å². The molecule has 1 aliphatic carbocycles. The number of carbonyl (C=O) groups excluding carboxylic acids is 1. The molecule has 0 aliphatic heterocycles. The van der Waals surface area contributed by atoms with Crippen LogP contribution in [0.3, 0.4) is 0 Å². The summed E-state index contributed by atoms with van der Waals surface area (Å²) in [6.45, 7) is 1.92. The molecule has 0 saturated heterocycles. The highest BCUT2D eigenvalue weighted by Crippen LogP contribution is 2.35. The van der Waals surface area contributed by atoms with E-state index in [4.69, 9.17) is 21.3 Å². The second kappa shape index (κ2) is 7.89. The van der Waals surface area contributed by atoms with E-state index >= 15 is 0 Å². The molecular weight excluding hydrogens is 416 g/mol. The highest BCUT2D eigenvalue weighted by atomic mass is 35.5. The molecule has 1 aliphatic rings. The van der Waals surface area contributed by atoms with Gasteiger partial charge in [0.05, 0.1) is 23.9 Å². The van der Waals surface area contributed by atoms with Gasteiger partial charge in [-0.2, -0.15) is 0 Å². The molecule has 0 spiro atoms. The maximum Gasteiger partial charge on any atom is 0.316 e. The number of benzene rings is 1. The summed E-state index contributed by atoms with van der Waals surface area (Å²) in [4.78, 5) is 32.0. The average Bonchev–Trinajstić information content (AvgIpc) is 3.07. The van der Waals surface area contributed by atoms with Crippen LogP contribution in [0.15, 0.2) is 28.2 Å². The molecule has 0 saturated carbocycles. The molecule has 2 heterocycles. The van der Waals surface area contributed by atoms with Crippen molar-refractivity contribution in [3.05, 3.63) is 49.6 Å². The summed E-state index contributed by atoms with van der Waals surface area (Å²) in [5.74, 6) is -0.280. The van der Waals surface area contributed by atoms with Crippen molar-refractivity contribution in [1.82, 2.24) is 9.55 Å². The van der Waals surface area contributed by atoms with Crippen molar-refractivity contribution < 1.29 is 9.53 Å². The number of fused-ring (bicyclic) bond motifs is 3. The fourth-order valence-electron chi connectivity index (χ4n) is 3.41. The van der Waals surface area contributed by atoms with Gasteiger partial charge in [0.15, 0.2) is 5.16 Å². The Morgan fingerprint density at radius 1 is 1.36 bits per heavy atom. The molecule has 0 amide bonds. The van der Waals surface area contributed by atoms with E-state index in [2.05, 4.69) is 0 Å². The predicted molar refractivity (Wildman–Crippen MR) is 114 cm³/mol. The summed E-state index contributed by atoms with van der Waals surface area (Å²) in [5.41, 5.74) is 2.62. The molecule has 1 aromatic carbocycles. The summed E-state index contributed by atoms with van der Waals surface area (Å²) in [5, 5.41) is 1.76. The number of thiophene rings is 1. The molecule has 0 fully saturated rings. The smallest absolute Gasteiger partial charge is 0.316 e. The molecule has 146 valence electrons. The SMILES string of the molecule is COC(=O)CSc1nc2sc3c(c2c(=O)n1-c1ccc(C)c(Cl)c1)CCCC3. The van der Waals surface area contributed by atoms with Crippen LogP contribution >= 0.6 is 34.7 Å². The fraction of sp³-hybridized carbons (Fsp3) is 0.350. The van der Waals surface area contributed by atoms with E-state index in [0.717, 1.165) is 41.6 Å². The van der Waals surface area contributed by atoms with E-state index in [1.54, 1.807) is 22.0 Å². The van der Waals surface area contributed by atoms with Gasteiger partial charge in [0.2, 0.25) is 0 Å². The minimum absolute atomic E-state index is 0.0825. The van der Waals surface area contributed by atoms with Crippen LogP contribution in [0, 0.1) is 6.92 Å². The van der Waals surface area contributed by atoms with Gasteiger partial charge in [-0.25, -0.2) is 4.98 Å². The standard InChI is InChI=1S/C20H19ClN2O3S2/c1-11-7-8-12(9-14(11)21)23-19(25)17-13-5-3-4-6-15(13)28-18(17)22-20(23)27-10-16(24)26-2/h7-9H,3-6,10H2,1-2H3. The third-order valence-electron chi connectivity index (χ3n) is 4.92. The van der Waals surface area contributed by atoms with Gasteiger partial charge >= 0.3 is 5.97 Å². The number of aromatic nitrogens is 2. The molecule has 5 nitrogen and oxygen atoms in total. The van der Waals surface area contributed by atoms with Crippen LogP contribution in [-0.2, 0) is 22.4 Å². The zero-order valence-corrected chi connectivity index (χ0v) is 18.0. The highest BCUT2D eigenvalue weighted by molar-refractivity contribution is 7.99. The molecule has 0 atom stereocenters. The summed E-state index contributed by atoms with van der Waals surface area (Å²) in [6.07, 6.45) is 4.14. The number of methoxy groups -OCH3 is 1. The minimum Gasteiger partial charge on any atom is -0.468 e. The van der Waals surface area contributed by atoms with Crippen LogP contribution in [0.2, 0.25) is 5.02 Å². The lowest BCUT2D eigenvalue weighted by atomic mass is 9.97. The Kier molecular flexibility index (Phi) is 5.49. The van der Waals surface area contributed by atoms with E-state index in [1.807, 2.05) is 19.1 Å². The van der Waals surface area contributed by atoms with Crippen LogP contribution in [0.1, 0.15) is 28.8 Å². The number of esters is 1. The first-order valence-electron chi connectivity index (χ1n) is 9.03. The number of thioether (sulfide) groups is 1. The lowest BCUT2D eigenvalue weighted by Gasteiger charge is -2.14. The zero-order valence-electron chi connectivity index (χ0n) is 15.6. The molecule has 28 heavy (non-hydrogen) atoms. The van der Waals surface area contributed by atoms with Crippen LogP contribution in [0.5, 0.6) is 0 Å². The number of hydrogen-bond donors (Lipinski definition) is 0. The molecule has 0 N–H and O–H groups in total. The lowest BCUT2D eigenvalue weighted by molar-refractivity contribution is -0.137. The molecule has 0 unspecified atom stereocenters. The topological polar surface area (TPSA) is 61.2 Å². The van der Waals surface area contributed by atoms with Gasteiger partial charge in [0, 0.05) is 9.90 Å². The van der Waals surface area contributed by atoms with Crippen LogP contribution in [0.4, 0.5) is 0 Å². The maximum atomic E-state index is 13.6. The van der Waals surface area contributed by atoms with Crippen molar-refractivity contribution in [1.29, 1.82) is 0 Å². The fourth-order valence-corrected chi connectivity index (χ4v) is 5.74. The summed E-state index contributed by atoms with van der Waals surface area (Å²) >= 11 is 9.11. The first-order chi connectivity index (χ1) is 13.5. The Labute approximate surface area is 175 Å². The van der Waals surface area contributed by atoms with E-state index in [1.165, 1.54) is 23.7 Å². The summed E-state index contributed by atoms with van der Waals surface area (Å²) < 4.78 is 6.32. The number of rotatable bonds is 4. The minimum atomic E-state index is -0.363. The Morgan fingerprint density at radius 2 is 2.14 bits per heavy atom. The first-order valence-corrected chi connectivity index (χ1v) is 11.2. The van der Waals surface area contributed by atoms with Gasteiger partial charge in [-0.1, -0.05) is 29.4 Å². The Bertz CT molecular complexity index is 1140. The number of nitrogens with zero attached hydrogens (tertiary/aromatic N) is 2. The Morgan fingerprint density at radius 3 is 2.89 bits per heavy atom. The van der Waals surface area contributed by atoms with Gasteiger partial charge < -0.3 is 4.74 Å².